The Labute approximate surface area is 320 Å². The lowest BCUT2D eigenvalue weighted by Gasteiger charge is -2.65. The van der Waals surface area contributed by atoms with Gasteiger partial charge in [-0.25, -0.2) is 0 Å². The summed E-state index contributed by atoms with van der Waals surface area (Å²) in [5, 5.41) is 36.4. The van der Waals surface area contributed by atoms with Gasteiger partial charge in [-0.1, -0.05) is 73.1 Å². The molecular weight excluding hydrogens is 677 g/mol. The number of ketones is 1. The Morgan fingerprint density at radius 3 is 2.35 bits per heavy atom. The Bertz CT molecular complexity index is 2090. The van der Waals surface area contributed by atoms with Gasteiger partial charge in [-0.3, -0.25) is 4.79 Å². The highest BCUT2D eigenvalue weighted by Gasteiger charge is 2.70. The standard InChI is InChI=1S/C47H60O7/c1-22(2)23(3)11-12-24(4)29-13-14-30-28-20-33-47(21-27(48)15-18-46(47,10)31(28)16-17-45(29,30)9)54-43-40(51)37-36-34(25(5)19-32(49)35(36)42(43)53-33)41-38(39(37)50)44(7,8)26(6)52-41/h11-12,19-20,22-24,26-27,29-31,33,48-50H,13-18,21H2,1-10H3/t23-,24+,26-,27-,29+,30-,31-,33-,45+,46+,47-/m0/s1. The first-order chi connectivity index (χ1) is 25.4. The van der Waals surface area contributed by atoms with Gasteiger partial charge >= 0.3 is 0 Å². The fourth-order valence-corrected chi connectivity index (χ4v) is 12.8. The van der Waals surface area contributed by atoms with Crippen molar-refractivity contribution in [3.63, 3.8) is 0 Å². The minimum absolute atomic E-state index is 0.0224. The van der Waals surface area contributed by atoms with Gasteiger partial charge in [0.1, 0.15) is 23.4 Å². The summed E-state index contributed by atoms with van der Waals surface area (Å²) in [6.45, 7) is 22.1. The minimum Gasteiger partial charge on any atom is -0.507 e. The maximum absolute atomic E-state index is 15.0. The molecule has 2 aliphatic heterocycles. The maximum atomic E-state index is 15.0. The van der Waals surface area contributed by atoms with Crippen LogP contribution in [0.5, 0.6) is 17.2 Å². The van der Waals surface area contributed by atoms with Gasteiger partial charge in [0.2, 0.25) is 11.5 Å². The molecule has 7 nitrogen and oxygen atoms in total. The number of aliphatic hydroxyl groups is 1. The van der Waals surface area contributed by atoms with Crippen molar-refractivity contribution < 1.29 is 34.3 Å². The Morgan fingerprint density at radius 2 is 1.63 bits per heavy atom. The van der Waals surface area contributed by atoms with Crippen LogP contribution in [0.2, 0.25) is 0 Å². The number of carbonyl (C=O) groups excluding carboxylic acids is 1. The topological polar surface area (TPSA) is 105 Å². The van der Waals surface area contributed by atoms with Crippen molar-refractivity contribution in [2.45, 2.75) is 144 Å². The molecule has 0 bridgehead atoms. The second kappa shape index (κ2) is 11.6. The zero-order valence-corrected chi connectivity index (χ0v) is 33.9. The molecule has 54 heavy (non-hydrogen) atoms. The second-order valence-corrected chi connectivity index (χ2v) is 19.9. The van der Waals surface area contributed by atoms with Gasteiger partial charge in [0.05, 0.1) is 17.2 Å². The van der Waals surface area contributed by atoms with E-state index in [0.717, 1.165) is 31.2 Å². The van der Waals surface area contributed by atoms with Crippen LogP contribution in [0, 0.1) is 53.3 Å². The van der Waals surface area contributed by atoms with E-state index in [4.69, 9.17) is 14.2 Å². The number of aryl methyl sites for hydroxylation is 1. The third kappa shape index (κ3) is 4.42. The van der Waals surface area contributed by atoms with Crippen molar-refractivity contribution >= 4 is 22.3 Å². The molecule has 0 aromatic heterocycles. The molecule has 2 aromatic carbocycles. The third-order valence-corrected chi connectivity index (χ3v) is 16.7. The van der Waals surface area contributed by atoms with Crippen LogP contribution in [0.25, 0.3) is 16.5 Å². The molecule has 9 rings (SSSR count). The van der Waals surface area contributed by atoms with E-state index in [1.54, 1.807) is 6.07 Å². The number of ether oxygens (including phenoxy) is 3. The van der Waals surface area contributed by atoms with Gasteiger partial charge in [0.25, 0.3) is 0 Å². The number of fused-ring (bicyclic) bond motifs is 7. The second-order valence-electron chi connectivity index (χ2n) is 19.9. The van der Waals surface area contributed by atoms with Crippen LogP contribution in [0.4, 0.5) is 0 Å². The van der Waals surface area contributed by atoms with Crippen molar-refractivity contribution in [2.75, 3.05) is 0 Å². The summed E-state index contributed by atoms with van der Waals surface area (Å²) < 4.78 is 20.9. The van der Waals surface area contributed by atoms with Crippen molar-refractivity contribution in [3.05, 3.63) is 57.9 Å². The van der Waals surface area contributed by atoms with Crippen LogP contribution >= 0.6 is 0 Å². The molecule has 0 amide bonds. The molecule has 3 fully saturated rings. The van der Waals surface area contributed by atoms with E-state index in [1.165, 1.54) is 12.0 Å². The van der Waals surface area contributed by atoms with Gasteiger partial charge < -0.3 is 29.5 Å². The lowest BCUT2D eigenvalue weighted by atomic mass is 9.45. The van der Waals surface area contributed by atoms with Crippen molar-refractivity contribution in [1.82, 2.24) is 0 Å². The number of hydrogen-bond acceptors (Lipinski definition) is 7. The quantitative estimate of drug-likeness (QED) is 0.269. The van der Waals surface area contributed by atoms with E-state index in [2.05, 4.69) is 59.8 Å². The number of allylic oxidation sites excluding steroid dienone is 4. The fraction of sp³-hybridized carbons (Fsp3) is 0.638. The lowest BCUT2D eigenvalue weighted by Crippen LogP contribution is -2.68. The zero-order chi connectivity index (χ0) is 38.6. The molecule has 7 heteroatoms. The Balaban J connectivity index is 1.19. The molecule has 3 N–H and O–H groups in total. The molecule has 290 valence electrons. The van der Waals surface area contributed by atoms with Crippen molar-refractivity contribution in [3.8, 4) is 17.2 Å². The predicted octanol–water partition coefficient (Wildman–Crippen LogP) is 10.1. The monoisotopic (exact) mass is 736 g/mol. The molecule has 1 spiro atoms. The molecule has 2 heterocycles. The normalized spacial score (nSPS) is 38.4. The first kappa shape index (κ1) is 36.2. The highest BCUT2D eigenvalue weighted by molar-refractivity contribution is 6.27. The highest BCUT2D eigenvalue weighted by atomic mass is 16.6. The summed E-state index contributed by atoms with van der Waals surface area (Å²) in [6.07, 6.45) is 12.1. The summed E-state index contributed by atoms with van der Waals surface area (Å²) in [5.41, 5.74) is 1.49. The smallest absolute Gasteiger partial charge is 0.235 e. The van der Waals surface area contributed by atoms with Crippen molar-refractivity contribution in [2.24, 2.45) is 46.3 Å². The van der Waals surface area contributed by atoms with Crippen LogP contribution in [0.1, 0.15) is 134 Å². The summed E-state index contributed by atoms with van der Waals surface area (Å²) >= 11 is 0. The van der Waals surface area contributed by atoms with Crippen LogP contribution in [-0.2, 0) is 14.9 Å². The van der Waals surface area contributed by atoms with Gasteiger partial charge in [0.15, 0.2) is 17.5 Å². The third-order valence-electron chi connectivity index (χ3n) is 16.7. The Kier molecular flexibility index (Phi) is 7.74. The van der Waals surface area contributed by atoms with Crippen molar-refractivity contribution in [1.29, 1.82) is 0 Å². The minimum atomic E-state index is -0.998. The fourth-order valence-electron chi connectivity index (χ4n) is 12.8. The summed E-state index contributed by atoms with van der Waals surface area (Å²) in [5.74, 6) is 3.07. The van der Waals surface area contributed by atoms with Gasteiger partial charge in [0, 0.05) is 33.6 Å². The average molecular weight is 737 g/mol. The highest BCUT2D eigenvalue weighted by Crippen LogP contribution is 2.70. The number of phenols is 2. The molecule has 3 saturated carbocycles. The zero-order valence-electron chi connectivity index (χ0n) is 33.9. The van der Waals surface area contributed by atoms with Gasteiger partial charge in [-0.05, 0) is 111 Å². The maximum Gasteiger partial charge on any atom is 0.235 e. The van der Waals surface area contributed by atoms with Gasteiger partial charge in [-0.2, -0.15) is 0 Å². The number of hydrogen-bond donors (Lipinski definition) is 3. The van der Waals surface area contributed by atoms with Crippen LogP contribution in [-0.4, -0.2) is 45.0 Å². The van der Waals surface area contributed by atoms with E-state index in [-0.39, 0.29) is 46.0 Å². The number of benzene rings is 2. The predicted molar refractivity (Wildman–Crippen MR) is 210 cm³/mol. The first-order valence-corrected chi connectivity index (χ1v) is 20.8. The number of phenolic OH excluding ortho intramolecular Hbond substituents is 2. The molecule has 2 aromatic rings. The van der Waals surface area contributed by atoms with E-state index in [9.17, 15) is 20.1 Å². The number of aromatic hydroxyl groups is 2. The number of carbonyl (C=O) groups is 1. The summed E-state index contributed by atoms with van der Waals surface area (Å²) in [6, 6.07) is 1.71. The number of Topliss-reactive ketones (excluding diaryl/α,β-unsaturated/α-hetero) is 1. The first-order valence-electron chi connectivity index (χ1n) is 20.8. The summed E-state index contributed by atoms with van der Waals surface area (Å²) in [7, 11) is 0. The molecule has 0 radical (unpaired) electrons. The Hall–Kier alpha value is -3.45. The number of aliphatic hydroxyl groups excluding tert-OH is 1. The van der Waals surface area contributed by atoms with E-state index >= 15 is 0 Å². The van der Waals surface area contributed by atoms with Crippen LogP contribution in [0.3, 0.4) is 0 Å². The largest absolute Gasteiger partial charge is 0.507 e. The molecule has 5 aliphatic carbocycles. The molecule has 7 aliphatic rings. The van der Waals surface area contributed by atoms with Crippen LogP contribution < -0.4 is 4.74 Å². The molecule has 11 atom stereocenters. The number of rotatable bonds is 4. The molecular formula is C47H60O7. The van der Waals surface area contributed by atoms with E-state index < -0.39 is 34.4 Å². The Morgan fingerprint density at radius 1 is 0.889 bits per heavy atom. The summed E-state index contributed by atoms with van der Waals surface area (Å²) in [4.78, 5) is 15.0. The van der Waals surface area contributed by atoms with E-state index in [0.29, 0.717) is 70.1 Å². The van der Waals surface area contributed by atoms with E-state index in [1.807, 2.05) is 27.7 Å². The SMILES string of the molecule is Cc1cc(O)c2c3c(c(O)c4c(c13)O[C@@H](C)C4(C)C)C(=O)C1=C2O[C@H]2C=C3[C@@H]4CC[C@H]([C@H](C)C=C[C@H](C)C(C)C)[C@@]4(C)CC[C@@H]3[C@@]3(C)CC[C@H](O)C[C@]23O1. The van der Waals surface area contributed by atoms with Gasteiger partial charge in [-0.15, -0.1) is 0 Å². The lowest BCUT2D eigenvalue weighted by molar-refractivity contribution is -0.228. The molecule has 0 saturated heterocycles. The molecule has 0 unspecified atom stereocenters. The van der Waals surface area contributed by atoms with Crippen LogP contribution in [0.15, 0.2) is 35.6 Å². The average Bonchev–Trinajstić information content (AvgIpc) is 3.57.